The van der Waals surface area contributed by atoms with Gasteiger partial charge in [0.2, 0.25) is 0 Å². The molecule has 1 aromatic carbocycles. The zero-order valence-corrected chi connectivity index (χ0v) is 14.2. The van der Waals surface area contributed by atoms with Crippen molar-refractivity contribution in [2.75, 3.05) is 11.4 Å². The molecule has 2 fully saturated rings. The van der Waals surface area contributed by atoms with Crippen LogP contribution in [-0.2, 0) is 0 Å². The minimum Gasteiger partial charge on any atom is -0.318 e. The Morgan fingerprint density at radius 3 is 2.73 bits per heavy atom. The van der Waals surface area contributed by atoms with Crippen molar-refractivity contribution in [2.24, 2.45) is 5.11 Å². The number of azide groups is 1. The van der Waals surface area contributed by atoms with E-state index in [1.807, 2.05) is 6.07 Å². The number of hydrogen-bond acceptors (Lipinski definition) is 3. The summed E-state index contributed by atoms with van der Waals surface area (Å²) in [6, 6.07) is -0.852. The number of anilines is 1. The van der Waals surface area contributed by atoms with Gasteiger partial charge in [-0.25, -0.2) is 4.79 Å². The van der Waals surface area contributed by atoms with Gasteiger partial charge in [-0.15, -0.1) is 0 Å². The van der Waals surface area contributed by atoms with Crippen molar-refractivity contribution < 1.29 is 18.0 Å². The molecule has 3 rings (SSSR count). The first-order valence-electron chi connectivity index (χ1n) is 7.62. The molecule has 0 radical (unpaired) electrons. The van der Waals surface area contributed by atoms with Gasteiger partial charge in [0.05, 0.1) is 28.4 Å². The SMILES string of the molecule is Cc1c(N2C(=O)N3CCC(N=[N+]=[N-])[C@H]3[C@H]2C(F)(F)F)ccc(C#N)c1Cl. The van der Waals surface area contributed by atoms with Crippen molar-refractivity contribution in [1.29, 1.82) is 5.26 Å². The third kappa shape index (κ3) is 2.60. The fraction of sp³-hybridized carbons (Fsp3) is 0.467. The number of rotatable bonds is 2. The number of nitrogens with zero attached hydrogens (tertiary/aromatic N) is 6. The van der Waals surface area contributed by atoms with E-state index in [2.05, 4.69) is 10.0 Å². The molecule has 0 aliphatic carbocycles. The van der Waals surface area contributed by atoms with Crippen LogP contribution in [0.25, 0.3) is 10.4 Å². The Morgan fingerprint density at radius 2 is 2.15 bits per heavy atom. The zero-order chi connectivity index (χ0) is 19.2. The van der Waals surface area contributed by atoms with Gasteiger partial charge in [0.25, 0.3) is 0 Å². The minimum atomic E-state index is -4.74. The average Bonchev–Trinajstić information content (AvgIpc) is 3.09. The van der Waals surface area contributed by atoms with E-state index in [0.717, 1.165) is 4.90 Å². The zero-order valence-electron chi connectivity index (χ0n) is 13.4. The van der Waals surface area contributed by atoms with Crippen LogP contribution in [0.2, 0.25) is 5.02 Å². The molecule has 3 atom stereocenters. The summed E-state index contributed by atoms with van der Waals surface area (Å²) in [7, 11) is 0. The lowest BCUT2D eigenvalue weighted by atomic mass is 10.00. The molecule has 0 saturated carbocycles. The second-order valence-corrected chi connectivity index (χ2v) is 6.44. The lowest BCUT2D eigenvalue weighted by molar-refractivity contribution is -0.152. The van der Waals surface area contributed by atoms with E-state index < -0.39 is 30.3 Å². The normalized spacial score (nSPS) is 25.1. The van der Waals surface area contributed by atoms with Gasteiger partial charge in [-0.1, -0.05) is 16.7 Å². The van der Waals surface area contributed by atoms with Crippen molar-refractivity contribution in [3.8, 4) is 6.07 Å². The maximum Gasteiger partial charge on any atom is 0.411 e. The molecule has 2 amide bonds. The molecule has 26 heavy (non-hydrogen) atoms. The molecule has 2 saturated heterocycles. The van der Waals surface area contributed by atoms with E-state index >= 15 is 0 Å². The lowest BCUT2D eigenvalue weighted by Gasteiger charge is -2.30. The summed E-state index contributed by atoms with van der Waals surface area (Å²) in [5, 5.41) is 12.5. The van der Waals surface area contributed by atoms with Crippen LogP contribution >= 0.6 is 11.6 Å². The second kappa shape index (κ2) is 6.27. The van der Waals surface area contributed by atoms with Gasteiger partial charge in [0.15, 0.2) is 6.04 Å². The Morgan fingerprint density at radius 1 is 1.46 bits per heavy atom. The molecule has 2 heterocycles. The van der Waals surface area contributed by atoms with Crippen LogP contribution in [0, 0.1) is 18.3 Å². The monoisotopic (exact) mass is 384 g/mol. The number of carbonyl (C=O) groups is 1. The van der Waals surface area contributed by atoms with Crippen LogP contribution in [0.3, 0.4) is 0 Å². The number of amides is 2. The van der Waals surface area contributed by atoms with E-state index in [-0.39, 0.29) is 34.8 Å². The number of urea groups is 1. The summed E-state index contributed by atoms with van der Waals surface area (Å²) in [5.41, 5.74) is 8.93. The van der Waals surface area contributed by atoms with Gasteiger partial charge in [0.1, 0.15) is 6.07 Å². The van der Waals surface area contributed by atoms with Crippen LogP contribution in [0.1, 0.15) is 17.5 Å². The van der Waals surface area contributed by atoms with Crippen LogP contribution in [-0.4, -0.2) is 41.8 Å². The number of benzene rings is 1. The lowest BCUT2D eigenvalue weighted by Crippen LogP contribution is -2.51. The topological polar surface area (TPSA) is 96.1 Å². The predicted molar refractivity (Wildman–Crippen MR) is 86.7 cm³/mol. The van der Waals surface area contributed by atoms with Crippen LogP contribution in [0.5, 0.6) is 0 Å². The second-order valence-electron chi connectivity index (χ2n) is 6.07. The average molecular weight is 385 g/mol. The van der Waals surface area contributed by atoms with Gasteiger partial charge in [0, 0.05) is 11.5 Å². The number of nitriles is 1. The molecule has 0 spiro atoms. The first-order chi connectivity index (χ1) is 12.2. The third-order valence-electron chi connectivity index (χ3n) is 4.75. The number of carbonyl (C=O) groups excluding carboxylic acids is 1. The molecule has 0 N–H and O–H groups in total. The highest BCUT2D eigenvalue weighted by molar-refractivity contribution is 6.33. The van der Waals surface area contributed by atoms with Gasteiger partial charge in [-0.3, -0.25) is 4.90 Å². The van der Waals surface area contributed by atoms with Crippen LogP contribution in [0.4, 0.5) is 23.7 Å². The number of hydrogen-bond donors (Lipinski definition) is 0. The van der Waals surface area contributed by atoms with Gasteiger partial charge in [-0.05, 0) is 36.6 Å². The Balaban J connectivity index is 2.15. The Hall–Kier alpha value is -2.63. The highest BCUT2D eigenvalue weighted by Crippen LogP contribution is 2.45. The number of alkyl halides is 3. The summed E-state index contributed by atoms with van der Waals surface area (Å²) in [4.78, 5) is 17.1. The van der Waals surface area contributed by atoms with E-state index in [1.54, 1.807) is 0 Å². The first kappa shape index (κ1) is 18.2. The van der Waals surface area contributed by atoms with Crippen LogP contribution in [0.15, 0.2) is 17.2 Å². The first-order valence-corrected chi connectivity index (χ1v) is 8.00. The molecule has 2 aliphatic heterocycles. The van der Waals surface area contributed by atoms with Crippen molar-refractivity contribution >= 4 is 23.3 Å². The summed E-state index contributed by atoms with van der Waals surface area (Å²) < 4.78 is 41.6. The van der Waals surface area contributed by atoms with E-state index in [4.69, 9.17) is 22.4 Å². The van der Waals surface area contributed by atoms with E-state index in [0.29, 0.717) is 4.90 Å². The maximum absolute atomic E-state index is 13.9. The molecule has 0 bridgehead atoms. The largest absolute Gasteiger partial charge is 0.411 e. The molecule has 136 valence electrons. The molecule has 7 nitrogen and oxygen atoms in total. The fourth-order valence-corrected chi connectivity index (χ4v) is 3.82. The molecule has 2 aliphatic rings. The molecule has 0 aromatic heterocycles. The maximum atomic E-state index is 13.9. The van der Waals surface area contributed by atoms with E-state index in [9.17, 15) is 18.0 Å². The van der Waals surface area contributed by atoms with Gasteiger partial charge >= 0.3 is 12.2 Å². The molecule has 11 heteroatoms. The van der Waals surface area contributed by atoms with Crippen molar-refractivity contribution in [3.05, 3.63) is 38.7 Å². The van der Waals surface area contributed by atoms with Crippen LogP contribution < -0.4 is 4.90 Å². The molecule has 1 aromatic rings. The van der Waals surface area contributed by atoms with Crippen molar-refractivity contribution in [3.63, 3.8) is 0 Å². The summed E-state index contributed by atoms with van der Waals surface area (Å²) in [6.07, 6.45) is -4.57. The quantitative estimate of drug-likeness (QED) is 0.435. The van der Waals surface area contributed by atoms with Gasteiger partial charge < -0.3 is 4.90 Å². The number of fused-ring (bicyclic) bond motifs is 1. The Bertz CT molecular complexity index is 860. The predicted octanol–water partition coefficient (Wildman–Crippen LogP) is 4.14. The minimum absolute atomic E-state index is 0.00243. The molecular weight excluding hydrogens is 373 g/mol. The van der Waals surface area contributed by atoms with Crippen molar-refractivity contribution in [1.82, 2.24) is 4.90 Å². The van der Waals surface area contributed by atoms with Gasteiger partial charge in [-0.2, -0.15) is 18.4 Å². The Kier molecular flexibility index (Phi) is 4.38. The standard InChI is InChI=1S/C15H12ClF3N6O/c1-7-10(3-2-8(6-20)11(7)16)25-13(15(17,18)19)12-9(22-23-21)4-5-24(12)14(25)26/h2-3,9,12-13H,4-5H2,1H3/t9?,12-,13-/m0/s1. The van der Waals surface area contributed by atoms with Crippen molar-refractivity contribution in [2.45, 2.75) is 37.6 Å². The Labute approximate surface area is 151 Å². The highest BCUT2D eigenvalue weighted by Gasteiger charge is 2.62. The number of halogens is 4. The molecular formula is C15H12ClF3N6O. The highest BCUT2D eigenvalue weighted by atomic mass is 35.5. The van der Waals surface area contributed by atoms with E-state index in [1.165, 1.54) is 19.1 Å². The fourth-order valence-electron chi connectivity index (χ4n) is 3.62. The third-order valence-corrected chi connectivity index (χ3v) is 5.23. The smallest absolute Gasteiger partial charge is 0.318 e. The molecule has 1 unspecified atom stereocenters. The summed E-state index contributed by atoms with van der Waals surface area (Å²) in [6.45, 7) is 1.52. The summed E-state index contributed by atoms with van der Waals surface area (Å²) in [5.74, 6) is 0. The summed E-state index contributed by atoms with van der Waals surface area (Å²) >= 11 is 6.06.